The molecule has 4 rings (SSSR count). The molecule has 9 heteroatoms. The molecule has 6 nitrogen and oxygen atoms in total. The van der Waals surface area contributed by atoms with Crippen molar-refractivity contribution in [2.45, 2.75) is 31.8 Å². The van der Waals surface area contributed by atoms with Gasteiger partial charge in [0.2, 0.25) is 0 Å². The Balaban J connectivity index is 1.66. The molecule has 32 heavy (non-hydrogen) atoms. The van der Waals surface area contributed by atoms with Crippen molar-refractivity contribution in [2.24, 2.45) is 11.0 Å². The average molecular weight is 496 g/mol. The third-order valence-corrected chi connectivity index (χ3v) is 6.76. The minimum absolute atomic E-state index is 0.162. The van der Waals surface area contributed by atoms with E-state index < -0.39 is 0 Å². The van der Waals surface area contributed by atoms with Gasteiger partial charge >= 0.3 is 0 Å². The molecule has 1 fully saturated rings. The SMILES string of the molecule is COC[C@@H]1CCCN1NC(=O)C1=NN(c2ccc(Cl)cc2Cl)[C@H](c2ccc(Cl)cc2)[C@@H]1C. The smallest absolute Gasteiger partial charge is 0.282 e. The summed E-state index contributed by atoms with van der Waals surface area (Å²) in [6.07, 6.45) is 1.99. The number of hydrogen-bond acceptors (Lipinski definition) is 5. The van der Waals surface area contributed by atoms with Crippen molar-refractivity contribution in [3.63, 3.8) is 0 Å². The summed E-state index contributed by atoms with van der Waals surface area (Å²) < 4.78 is 5.30. The number of hydrazine groups is 1. The zero-order valence-corrected chi connectivity index (χ0v) is 20.2. The van der Waals surface area contributed by atoms with Gasteiger partial charge in [-0.2, -0.15) is 5.10 Å². The van der Waals surface area contributed by atoms with Crippen LogP contribution < -0.4 is 10.4 Å². The molecule has 1 amide bonds. The third kappa shape index (κ3) is 4.75. The Morgan fingerprint density at radius 3 is 2.56 bits per heavy atom. The number of ether oxygens (including phenoxy) is 1. The van der Waals surface area contributed by atoms with E-state index in [-0.39, 0.29) is 23.9 Å². The molecule has 0 spiro atoms. The van der Waals surface area contributed by atoms with Crippen LogP contribution in [0.25, 0.3) is 0 Å². The van der Waals surface area contributed by atoms with Crippen LogP contribution in [0.15, 0.2) is 47.6 Å². The first kappa shape index (κ1) is 23.3. The Labute approximate surface area is 203 Å². The summed E-state index contributed by atoms with van der Waals surface area (Å²) in [5.74, 6) is -0.404. The number of anilines is 1. The summed E-state index contributed by atoms with van der Waals surface area (Å²) in [7, 11) is 1.67. The third-order valence-electron chi connectivity index (χ3n) is 5.97. The minimum atomic E-state index is -0.222. The highest BCUT2D eigenvalue weighted by atomic mass is 35.5. The fourth-order valence-electron chi connectivity index (χ4n) is 4.38. The molecular formula is C23H25Cl3N4O2. The highest BCUT2D eigenvalue weighted by Crippen LogP contribution is 2.42. The van der Waals surface area contributed by atoms with E-state index in [9.17, 15) is 4.79 Å². The van der Waals surface area contributed by atoms with E-state index in [0.717, 1.165) is 24.9 Å². The van der Waals surface area contributed by atoms with Gasteiger partial charge in [-0.1, -0.05) is 53.9 Å². The molecule has 0 aliphatic carbocycles. The number of carbonyl (C=O) groups is 1. The summed E-state index contributed by atoms with van der Waals surface area (Å²) in [4.78, 5) is 13.3. The van der Waals surface area contributed by atoms with Gasteiger partial charge in [-0.3, -0.25) is 15.2 Å². The molecule has 2 aromatic rings. The molecule has 0 bridgehead atoms. The summed E-state index contributed by atoms with van der Waals surface area (Å²) >= 11 is 18.7. The molecule has 0 radical (unpaired) electrons. The van der Waals surface area contributed by atoms with E-state index in [1.807, 2.05) is 42.3 Å². The number of hydrogen-bond donors (Lipinski definition) is 1. The molecule has 1 saturated heterocycles. The van der Waals surface area contributed by atoms with Crippen molar-refractivity contribution in [2.75, 3.05) is 25.3 Å². The van der Waals surface area contributed by atoms with Crippen molar-refractivity contribution in [1.82, 2.24) is 10.4 Å². The van der Waals surface area contributed by atoms with Crippen LogP contribution in [0.3, 0.4) is 0 Å². The van der Waals surface area contributed by atoms with E-state index in [0.29, 0.717) is 33.1 Å². The predicted molar refractivity (Wildman–Crippen MR) is 129 cm³/mol. The maximum atomic E-state index is 13.3. The Morgan fingerprint density at radius 2 is 1.88 bits per heavy atom. The first-order valence-electron chi connectivity index (χ1n) is 10.5. The van der Waals surface area contributed by atoms with Crippen molar-refractivity contribution < 1.29 is 9.53 Å². The van der Waals surface area contributed by atoms with E-state index in [2.05, 4.69) is 5.43 Å². The number of hydrazone groups is 1. The molecule has 170 valence electrons. The number of amides is 1. The van der Waals surface area contributed by atoms with E-state index in [1.165, 1.54) is 0 Å². The van der Waals surface area contributed by atoms with Crippen LogP contribution in [0, 0.1) is 5.92 Å². The van der Waals surface area contributed by atoms with Crippen molar-refractivity contribution in [1.29, 1.82) is 0 Å². The van der Waals surface area contributed by atoms with Crippen LogP contribution >= 0.6 is 34.8 Å². The largest absolute Gasteiger partial charge is 0.383 e. The van der Waals surface area contributed by atoms with Crippen LogP contribution in [0.5, 0.6) is 0 Å². The van der Waals surface area contributed by atoms with Crippen LogP contribution in [0.1, 0.15) is 31.4 Å². The molecule has 1 N–H and O–H groups in total. The van der Waals surface area contributed by atoms with Gasteiger partial charge in [-0.15, -0.1) is 0 Å². The van der Waals surface area contributed by atoms with Gasteiger partial charge in [0, 0.05) is 29.6 Å². The van der Waals surface area contributed by atoms with E-state index in [4.69, 9.17) is 44.6 Å². The number of methoxy groups -OCH3 is 1. The summed E-state index contributed by atoms with van der Waals surface area (Å²) in [5, 5.41) is 10.1. The highest BCUT2D eigenvalue weighted by Gasteiger charge is 2.41. The molecule has 2 aromatic carbocycles. The second-order valence-corrected chi connectivity index (χ2v) is 9.38. The zero-order chi connectivity index (χ0) is 22.8. The molecule has 2 aliphatic rings. The highest BCUT2D eigenvalue weighted by molar-refractivity contribution is 6.41. The number of nitrogens with zero attached hydrogens (tertiary/aromatic N) is 3. The van der Waals surface area contributed by atoms with E-state index in [1.54, 1.807) is 24.3 Å². The molecule has 2 aliphatic heterocycles. The second-order valence-electron chi connectivity index (χ2n) is 8.10. The van der Waals surface area contributed by atoms with Gasteiger partial charge in [0.25, 0.3) is 5.91 Å². The molecule has 0 unspecified atom stereocenters. The van der Waals surface area contributed by atoms with Gasteiger partial charge in [0.1, 0.15) is 5.71 Å². The maximum absolute atomic E-state index is 13.3. The number of rotatable bonds is 6. The number of halogens is 3. The van der Waals surface area contributed by atoms with E-state index >= 15 is 0 Å². The first-order valence-corrected chi connectivity index (χ1v) is 11.7. The Hall–Kier alpha value is -1.83. The summed E-state index contributed by atoms with van der Waals surface area (Å²) in [5.41, 5.74) is 5.16. The van der Waals surface area contributed by atoms with Crippen molar-refractivity contribution in [3.05, 3.63) is 63.1 Å². The maximum Gasteiger partial charge on any atom is 0.282 e. The van der Waals surface area contributed by atoms with Crippen molar-refractivity contribution >= 4 is 52.1 Å². The van der Waals surface area contributed by atoms with Gasteiger partial charge in [0.05, 0.1) is 29.4 Å². The quantitative estimate of drug-likeness (QED) is 0.587. The number of carbonyl (C=O) groups excluding carboxylic acids is 1. The molecule has 2 heterocycles. The Morgan fingerprint density at radius 1 is 1.16 bits per heavy atom. The molecular weight excluding hydrogens is 471 g/mol. The van der Waals surface area contributed by atoms with Gasteiger partial charge in [0.15, 0.2) is 0 Å². The Kier molecular flexibility index (Phi) is 7.27. The predicted octanol–water partition coefficient (Wildman–Crippen LogP) is 5.34. The first-order chi connectivity index (χ1) is 15.4. The summed E-state index contributed by atoms with van der Waals surface area (Å²) in [6, 6.07) is 12.8. The second kappa shape index (κ2) is 9.98. The Bertz CT molecular complexity index is 1010. The fraction of sp³-hybridized carbons (Fsp3) is 0.391. The number of benzene rings is 2. The topological polar surface area (TPSA) is 57.2 Å². The van der Waals surface area contributed by atoms with Gasteiger partial charge in [-0.05, 0) is 48.7 Å². The zero-order valence-electron chi connectivity index (χ0n) is 17.9. The van der Waals surface area contributed by atoms with Crippen LogP contribution in [0.2, 0.25) is 15.1 Å². The van der Waals surface area contributed by atoms with Crippen LogP contribution in [-0.4, -0.2) is 42.9 Å². The normalized spacial score (nSPS) is 23.5. The van der Waals surface area contributed by atoms with Gasteiger partial charge in [-0.25, -0.2) is 5.01 Å². The van der Waals surface area contributed by atoms with Gasteiger partial charge < -0.3 is 4.74 Å². The fourth-order valence-corrected chi connectivity index (χ4v) is 5.00. The lowest BCUT2D eigenvalue weighted by atomic mass is 9.91. The van der Waals surface area contributed by atoms with Crippen LogP contribution in [0.4, 0.5) is 5.69 Å². The lowest BCUT2D eigenvalue weighted by Crippen LogP contribution is -2.49. The minimum Gasteiger partial charge on any atom is -0.383 e. The molecule has 0 aromatic heterocycles. The monoisotopic (exact) mass is 494 g/mol. The standard InChI is InChI=1S/C23H25Cl3N4O2/c1-14-21(23(31)28-29-11-3-4-18(29)13-32-2)27-30(20-10-9-17(25)12-19(20)26)22(14)15-5-7-16(24)8-6-15/h5-10,12,14,18,22H,3-4,11,13H2,1-2H3,(H,28,31)/t14-,18+,22+/m1/s1. The molecule has 0 saturated carbocycles. The number of nitrogens with one attached hydrogen (secondary N) is 1. The van der Waals surface area contributed by atoms with Crippen LogP contribution in [-0.2, 0) is 9.53 Å². The molecule has 3 atom stereocenters. The summed E-state index contributed by atoms with van der Waals surface area (Å²) in [6.45, 7) is 3.36. The average Bonchev–Trinajstić information content (AvgIpc) is 3.33. The van der Waals surface area contributed by atoms with Crippen molar-refractivity contribution in [3.8, 4) is 0 Å². The lowest BCUT2D eigenvalue weighted by molar-refractivity contribution is -0.120. The lowest BCUT2D eigenvalue weighted by Gasteiger charge is -2.28.